The van der Waals surface area contributed by atoms with Crippen molar-refractivity contribution < 1.29 is 24.2 Å². The molecule has 0 radical (unpaired) electrons. The second-order valence-corrected chi connectivity index (χ2v) is 7.85. The van der Waals surface area contributed by atoms with Crippen LogP contribution >= 0.6 is 12.4 Å². The fourth-order valence-corrected chi connectivity index (χ4v) is 4.12. The number of aliphatic carboxylic acids is 1. The van der Waals surface area contributed by atoms with E-state index in [0.717, 1.165) is 27.8 Å². The molecule has 7 nitrogen and oxygen atoms in total. The zero-order valence-electron chi connectivity index (χ0n) is 18.5. The lowest BCUT2D eigenvalue weighted by atomic mass is 9.98. The van der Waals surface area contributed by atoms with Crippen LogP contribution in [0.4, 0.5) is 4.79 Å². The van der Waals surface area contributed by atoms with Gasteiger partial charge in [0.25, 0.3) is 0 Å². The Morgan fingerprint density at radius 3 is 2.09 bits per heavy atom. The molecule has 178 valence electrons. The Hall–Kier alpha value is -3.55. The fraction of sp³-hybridized carbons (Fsp3) is 0.231. The number of nitrogens with two attached hydrogens (primary N) is 1. The Bertz CT molecular complexity index is 1090. The molecule has 1 atom stereocenters. The van der Waals surface area contributed by atoms with E-state index in [9.17, 15) is 14.7 Å². The van der Waals surface area contributed by atoms with E-state index in [1.165, 1.54) is 0 Å². The zero-order valence-corrected chi connectivity index (χ0v) is 19.3. The number of nitrogens with one attached hydrogen (secondary N) is 1. The largest absolute Gasteiger partial charge is 0.492 e. The van der Waals surface area contributed by atoms with Crippen molar-refractivity contribution in [2.45, 2.75) is 18.4 Å². The molecular weight excluding hydrogens is 456 g/mol. The van der Waals surface area contributed by atoms with Gasteiger partial charge in [-0.25, -0.2) is 9.59 Å². The molecule has 0 bridgehead atoms. The second kappa shape index (κ2) is 11.5. The number of hydrogen-bond acceptors (Lipinski definition) is 5. The van der Waals surface area contributed by atoms with Gasteiger partial charge in [-0.05, 0) is 39.9 Å². The predicted octanol–water partition coefficient (Wildman–Crippen LogP) is 3.98. The highest BCUT2D eigenvalue weighted by molar-refractivity contribution is 5.85. The van der Waals surface area contributed by atoms with E-state index in [1.807, 2.05) is 36.4 Å². The molecule has 4 N–H and O–H groups in total. The monoisotopic (exact) mass is 482 g/mol. The molecule has 34 heavy (non-hydrogen) atoms. The highest BCUT2D eigenvalue weighted by atomic mass is 35.5. The van der Waals surface area contributed by atoms with Crippen molar-refractivity contribution >= 4 is 24.5 Å². The third kappa shape index (κ3) is 5.68. The first-order valence-corrected chi connectivity index (χ1v) is 10.8. The summed E-state index contributed by atoms with van der Waals surface area (Å²) in [5.74, 6) is -0.569. The summed E-state index contributed by atoms with van der Waals surface area (Å²) >= 11 is 0. The second-order valence-electron chi connectivity index (χ2n) is 7.85. The van der Waals surface area contributed by atoms with Gasteiger partial charge in [0.15, 0.2) is 0 Å². The molecule has 3 aromatic carbocycles. The lowest BCUT2D eigenvalue weighted by molar-refractivity contribution is -0.139. The molecule has 0 saturated heterocycles. The van der Waals surface area contributed by atoms with Crippen molar-refractivity contribution in [2.75, 3.05) is 19.8 Å². The predicted molar refractivity (Wildman–Crippen MR) is 132 cm³/mol. The van der Waals surface area contributed by atoms with Crippen LogP contribution in [0.3, 0.4) is 0 Å². The van der Waals surface area contributed by atoms with E-state index in [1.54, 1.807) is 24.3 Å². The maximum absolute atomic E-state index is 12.5. The minimum atomic E-state index is -1.13. The first-order valence-electron chi connectivity index (χ1n) is 10.8. The number of benzene rings is 3. The third-order valence-electron chi connectivity index (χ3n) is 5.68. The zero-order chi connectivity index (χ0) is 23.2. The van der Waals surface area contributed by atoms with Gasteiger partial charge in [0.1, 0.15) is 25.0 Å². The van der Waals surface area contributed by atoms with Crippen LogP contribution in [0.15, 0.2) is 72.8 Å². The number of hydrogen-bond donors (Lipinski definition) is 3. The van der Waals surface area contributed by atoms with Crippen molar-refractivity contribution in [1.29, 1.82) is 0 Å². The summed E-state index contributed by atoms with van der Waals surface area (Å²) in [6.07, 6.45) is -0.636. The van der Waals surface area contributed by atoms with Crippen molar-refractivity contribution in [3.8, 4) is 16.9 Å². The maximum Gasteiger partial charge on any atom is 0.407 e. The van der Waals surface area contributed by atoms with E-state index in [2.05, 4.69) is 17.4 Å². The molecule has 0 saturated carbocycles. The molecule has 1 amide bonds. The number of carbonyl (C=O) groups excluding carboxylic acids is 1. The van der Waals surface area contributed by atoms with Gasteiger partial charge < -0.3 is 25.6 Å². The highest BCUT2D eigenvalue weighted by Crippen LogP contribution is 2.44. The van der Waals surface area contributed by atoms with Crippen molar-refractivity contribution in [3.05, 3.63) is 89.5 Å². The molecule has 0 aromatic heterocycles. The molecule has 0 heterocycles. The van der Waals surface area contributed by atoms with Gasteiger partial charge in [-0.1, -0.05) is 60.7 Å². The number of carboxylic acids is 1. The fourth-order valence-electron chi connectivity index (χ4n) is 4.12. The molecule has 3 aromatic rings. The van der Waals surface area contributed by atoms with Gasteiger partial charge in [-0.3, -0.25) is 0 Å². The average molecular weight is 483 g/mol. The number of fused-ring (bicyclic) bond motifs is 3. The van der Waals surface area contributed by atoms with Crippen LogP contribution in [0.25, 0.3) is 11.1 Å². The smallest absolute Gasteiger partial charge is 0.407 e. The van der Waals surface area contributed by atoms with E-state index in [4.69, 9.17) is 15.2 Å². The minimum absolute atomic E-state index is 0. The third-order valence-corrected chi connectivity index (χ3v) is 5.68. The van der Waals surface area contributed by atoms with Crippen LogP contribution in [0.5, 0.6) is 5.75 Å². The standard InChI is InChI=1S/C26H26N2O5.ClH/c27-13-14-32-18-11-9-17(10-12-18)15-24(25(29)30)28-26(31)33-16-23-21-7-3-1-5-19(21)20-6-2-4-8-22(20)23;/h1-12,23-24H,13-16,27H2,(H,28,31)(H,29,30);1H. The number of alkyl carbamates (subject to hydrolysis) is 1. The lowest BCUT2D eigenvalue weighted by Crippen LogP contribution is -2.42. The molecule has 1 unspecified atom stereocenters. The maximum atomic E-state index is 12.5. The number of carboxylic acid groups (broad SMARTS) is 1. The molecular formula is C26H27ClN2O5. The number of rotatable bonds is 9. The van der Waals surface area contributed by atoms with Crippen molar-refractivity contribution in [2.24, 2.45) is 5.73 Å². The number of halogens is 1. The SMILES string of the molecule is Cl.NCCOc1ccc(CC(NC(=O)OCC2c3ccccc3-c3ccccc32)C(=O)O)cc1. The van der Waals surface area contributed by atoms with Crippen LogP contribution in [0, 0.1) is 0 Å². The van der Waals surface area contributed by atoms with Crippen LogP contribution in [0.2, 0.25) is 0 Å². The van der Waals surface area contributed by atoms with Gasteiger partial charge in [-0.15, -0.1) is 12.4 Å². The molecule has 8 heteroatoms. The van der Waals surface area contributed by atoms with Gasteiger partial charge in [-0.2, -0.15) is 0 Å². The Morgan fingerprint density at radius 1 is 0.941 bits per heavy atom. The summed E-state index contributed by atoms with van der Waals surface area (Å²) in [4.78, 5) is 24.2. The van der Waals surface area contributed by atoms with Crippen LogP contribution in [-0.4, -0.2) is 43.0 Å². The number of ether oxygens (including phenoxy) is 2. The number of amides is 1. The summed E-state index contributed by atoms with van der Waals surface area (Å²) < 4.78 is 10.9. The normalized spacial score (nSPS) is 12.6. The topological polar surface area (TPSA) is 111 Å². The summed E-state index contributed by atoms with van der Waals surface area (Å²) in [5.41, 5.74) is 10.6. The average Bonchev–Trinajstić information content (AvgIpc) is 3.15. The highest BCUT2D eigenvalue weighted by Gasteiger charge is 2.29. The summed E-state index contributed by atoms with van der Waals surface area (Å²) in [7, 11) is 0. The van der Waals surface area contributed by atoms with E-state index in [0.29, 0.717) is 18.9 Å². The quantitative estimate of drug-likeness (QED) is 0.425. The Kier molecular flexibility index (Phi) is 8.51. The Morgan fingerprint density at radius 2 is 1.53 bits per heavy atom. The first-order chi connectivity index (χ1) is 16.1. The summed E-state index contributed by atoms with van der Waals surface area (Å²) in [6.45, 7) is 0.937. The Balaban J connectivity index is 0.00000324. The van der Waals surface area contributed by atoms with Gasteiger partial charge in [0.05, 0.1) is 0 Å². The summed E-state index contributed by atoms with van der Waals surface area (Å²) in [6, 6.07) is 22.0. The van der Waals surface area contributed by atoms with Crippen LogP contribution in [-0.2, 0) is 16.0 Å². The van der Waals surface area contributed by atoms with Crippen LogP contribution < -0.4 is 15.8 Å². The van der Waals surface area contributed by atoms with Gasteiger partial charge >= 0.3 is 12.1 Å². The van der Waals surface area contributed by atoms with Crippen LogP contribution in [0.1, 0.15) is 22.6 Å². The lowest BCUT2D eigenvalue weighted by Gasteiger charge is -2.17. The van der Waals surface area contributed by atoms with Gasteiger partial charge in [0, 0.05) is 18.9 Å². The summed E-state index contributed by atoms with van der Waals surface area (Å²) in [5, 5.41) is 12.1. The van der Waals surface area contributed by atoms with Crippen molar-refractivity contribution in [1.82, 2.24) is 5.32 Å². The number of carbonyl (C=O) groups is 2. The molecule has 1 aliphatic rings. The van der Waals surface area contributed by atoms with E-state index in [-0.39, 0.29) is 31.4 Å². The molecule has 0 aliphatic heterocycles. The molecule has 0 fully saturated rings. The first kappa shape index (κ1) is 25.1. The van der Waals surface area contributed by atoms with Gasteiger partial charge in [0.2, 0.25) is 0 Å². The van der Waals surface area contributed by atoms with Crippen molar-refractivity contribution in [3.63, 3.8) is 0 Å². The minimum Gasteiger partial charge on any atom is -0.492 e. The van der Waals surface area contributed by atoms with E-state index >= 15 is 0 Å². The molecule has 0 spiro atoms. The van der Waals surface area contributed by atoms with E-state index < -0.39 is 18.1 Å². The molecule has 1 aliphatic carbocycles. The Labute approximate surface area is 204 Å². The molecule has 4 rings (SSSR count).